The molecule has 0 saturated heterocycles. The molecule has 0 amide bonds. The second-order valence-corrected chi connectivity index (χ2v) is 2.13. The molecule has 0 fully saturated rings. The fourth-order valence-electron chi connectivity index (χ4n) is 0.775. The van der Waals surface area contributed by atoms with Gasteiger partial charge in [0.2, 0.25) is 0 Å². The minimum atomic E-state index is -1.28. The second kappa shape index (κ2) is 4.35. The van der Waals surface area contributed by atoms with Crippen LogP contribution in [-0.4, -0.2) is 31.6 Å². The molecule has 0 aliphatic heterocycles. The molecule has 0 bridgehead atoms. The van der Waals surface area contributed by atoms with Crippen molar-refractivity contribution in [2.45, 2.75) is 19.1 Å². The van der Waals surface area contributed by atoms with Crippen molar-refractivity contribution >= 4 is 5.78 Å². The fourth-order valence-corrected chi connectivity index (χ4v) is 0.775. The van der Waals surface area contributed by atoms with Crippen molar-refractivity contribution in [3.63, 3.8) is 0 Å². The highest BCUT2D eigenvalue weighted by atomic mass is 19.1. The van der Waals surface area contributed by atoms with E-state index < -0.39 is 12.2 Å². The lowest BCUT2D eigenvalue weighted by Gasteiger charge is -2.15. The molecule has 2 unspecified atom stereocenters. The van der Waals surface area contributed by atoms with E-state index in [0.29, 0.717) is 0 Å². The maximum atomic E-state index is 12.6. The van der Waals surface area contributed by atoms with Gasteiger partial charge in [0, 0.05) is 6.54 Å². The van der Waals surface area contributed by atoms with Crippen LogP contribution in [0.4, 0.5) is 4.39 Å². The molecule has 0 aliphatic rings. The number of carbonyl (C=O) groups excluding carboxylic acids is 1. The van der Waals surface area contributed by atoms with E-state index in [4.69, 9.17) is 5.73 Å². The van der Waals surface area contributed by atoms with Gasteiger partial charge in [-0.25, -0.2) is 4.39 Å². The lowest BCUT2D eigenvalue weighted by molar-refractivity contribution is -0.120. The Bertz CT molecular complexity index is 118. The van der Waals surface area contributed by atoms with Crippen molar-refractivity contribution in [2.75, 3.05) is 13.6 Å². The highest BCUT2D eigenvalue weighted by molar-refractivity contribution is 5.82. The molecule has 0 saturated carbocycles. The molecule has 0 aromatic heterocycles. The summed E-state index contributed by atoms with van der Waals surface area (Å²) in [5.41, 5.74) is 5.02. The van der Waals surface area contributed by atoms with Gasteiger partial charge >= 0.3 is 0 Å². The third-order valence-corrected chi connectivity index (χ3v) is 1.34. The first-order valence-electron chi connectivity index (χ1n) is 3.15. The molecule has 3 nitrogen and oxygen atoms in total. The summed E-state index contributed by atoms with van der Waals surface area (Å²) in [5, 5.41) is 2.55. The van der Waals surface area contributed by atoms with Crippen LogP contribution in [0.3, 0.4) is 0 Å². The summed E-state index contributed by atoms with van der Waals surface area (Å²) < 4.78 is 12.6. The summed E-state index contributed by atoms with van der Waals surface area (Å²) >= 11 is 0. The Kier molecular flexibility index (Phi) is 4.14. The molecular formula is C6H13FN2O. The van der Waals surface area contributed by atoms with Crippen LogP contribution in [0.15, 0.2) is 0 Å². The number of nitrogens with one attached hydrogen (secondary N) is 1. The van der Waals surface area contributed by atoms with Crippen molar-refractivity contribution in [1.82, 2.24) is 5.32 Å². The van der Waals surface area contributed by atoms with Crippen LogP contribution in [0.1, 0.15) is 6.92 Å². The van der Waals surface area contributed by atoms with Crippen LogP contribution in [0, 0.1) is 0 Å². The highest BCUT2D eigenvalue weighted by Gasteiger charge is 2.21. The SMILES string of the molecule is CNC(C(C)=O)C(F)CN. The van der Waals surface area contributed by atoms with E-state index in [2.05, 4.69) is 5.32 Å². The zero-order chi connectivity index (χ0) is 8.15. The van der Waals surface area contributed by atoms with Gasteiger partial charge < -0.3 is 11.1 Å². The zero-order valence-corrected chi connectivity index (χ0v) is 6.23. The van der Waals surface area contributed by atoms with E-state index in [1.807, 2.05) is 0 Å². The lowest BCUT2D eigenvalue weighted by atomic mass is 10.1. The monoisotopic (exact) mass is 148 g/mol. The van der Waals surface area contributed by atoms with Crippen LogP contribution in [0.5, 0.6) is 0 Å². The van der Waals surface area contributed by atoms with Gasteiger partial charge in [-0.3, -0.25) is 4.79 Å². The van der Waals surface area contributed by atoms with Gasteiger partial charge in [0.05, 0.1) is 6.04 Å². The van der Waals surface area contributed by atoms with Crippen LogP contribution in [0.25, 0.3) is 0 Å². The molecule has 0 spiro atoms. The molecule has 0 heterocycles. The number of halogens is 1. The van der Waals surface area contributed by atoms with Crippen molar-refractivity contribution in [1.29, 1.82) is 0 Å². The highest BCUT2D eigenvalue weighted by Crippen LogP contribution is 1.97. The maximum absolute atomic E-state index is 12.6. The van der Waals surface area contributed by atoms with Gasteiger partial charge in [0.1, 0.15) is 12.0 Å². The number of carbonyl (C=O) groups is 1. The van der Waals surface area contributed by atoms with Crippen LogP contribution in [-0.2, 0) is 4.79 Å². The van der Waals surface area contributed by atoms with Crippen molar-refractivity contribution < 1.29 is 9.18 Å². The minimum Gasteiger partial charge on any atom is -0.328 e. The summed E-state index contributed by atoms with van der Waals surface area (Å²) in [6.07, 6.45) is -1.28. The first kappa shape index (κ1) is 9.52. The summed E-state index contributed by atoms with van der Waals surface area (Å²) in [6.45, 7) is 1.22. The largest absolute Gasteiger partial charge is 0.328 e. The van der Waals surface area contributed by atoms with E-state index in [0.717, 1.165) is 0 Å². The number of likely N-dealkylation sites (N-methyl/N-ethyl adjacent to an activating group) is 1. The normalized spacial score (nSPS) is 16.4. The average molecular weight is 148 g/mol. The summed E-state index contributed by atoms with van der Waals surface area (Å²) in [7, 11) is 1.54. The summed E-state index contributed by atoms with van der Waals surface area (Å²) in [4.78, 5) is 10.6. The Morgan fingerprint density at radius 2 is 2.30 bits per heavy atom. The third kappa shape index (κ3) is 2.41. The standard InChI is InChI=1S/C6H13FN2O/c1-4(10)6(9-2)5(7)3-8/h5-6,9H,3,8H2,1-2H3. The smallest absolute Gasteiger partial charge is 0.149 e. The summed E-state index contributed by atoms with van der Waals surface area (Å²) in [6, 6.07) is -0.745. The fraction of sp³-hybridized carbons (Fsp3) is 0.833. The van der Waals surface area contributed by atoms with Gasteiger partial charge in [-0.2, -0.15) is 0 Å². The predicted molar refractivity (Wildman–Crippen MR) is 37.5 cm³/mol. The number of hydrogen-bond acceptors (Lipinski definition) is 3. The third-order valence-electron chi connectivity index (χ3n) is 1.34. The quantitative estimate of drug-likeness (QED) is 0.563. The Labute approximate surface area is 59.8 Å². The van der Waals surface area contributed by atoms with Crippen molar-refractivity contribution in [3.05, 3.63) is 0 Å². The minimum absolute atomic E-state index is 0.120. The number of ketones is 1. The average Bonchev–Trinajstić information content (AvgIpc) is 1.88. The number of hydrogen-bond donors (Lipinski definition) is 2. The Morgan fingerprint density at radius 3 is 2.40 bits per heavy atom. The molecule has 60 valence electrons. The molecule has 4 heteroatoms. The second-order valence-electron chi connectivity index (χ2n) is 2.13. The van der Waals surface area contributed by atoms with Gasteiger partial charge in [0.15, 0.2) is 0 Å². The molecule has 3 N–H and O–H groups in total. The Morgan fingerprint density at radius 1 is 1.80 bits per heavy atom. The zero-order valence-electron chi connectivity index (χ0n) is 6.23. The first-order chi connectivity index (χ1) is 4.63. The van der Waals surface area contributed by atoms with E-state index in [9.17, 15) is 9.18 Å². The maximum Gasteiger partial charge on any atom is 0.149 e. The number of alkyl halides is 1. The molecule has 2 atom stereocenters. The predicted octanol–water partition coefficient (Wildman–Crippen LogP) is -0.540. The van der Waals surface area contributed by atoms with Crippen LogP contribution < -0.4 is 11.1 Å². The van der Waals surface area contributed by atoms with E-state index in [1.165, 1.54) is 14.0 Å². The number of rotatable bonds is 4. The number of nitrogens with two attached hydrogens (primary N) is 1. The van der Waals surface area contributed by atoms with Crippen molar-refractivity contribution in [3.8, 4) is 0 Å². The first-order valence-corrected chi connectivity index (χ1v) is 3.15. The van der Waals surface area contributed by atoms with Gasteiger partial charge in [-0.05, 0) is 14.0 Å². The van der Waals surface area contributed by atoms with Crippen LogP contribution >= 0.6 is 0 Å². The van der Waals surface area contributed by atoms with Gasteiger partial charge in [-0.15, -0.1) is 0 Å². The Hall–Kier alpha value is -0.480. The molecular weight excluding hydrogens is 135 g/mol. The summed E-state index contributed by atoms with van der Waals surface area (Å²) in [5.74, 6) is -0.222. The molecule has 0 aromatic rings. The lowest BCUT2D eigenvalue weighted by Crippen LogP contribution is -2.44. The van der Waals surface area contributed by atoms with E-state index in [-0.39, 0.29) is 12.3 Å². The molecule has 0 rings (SSSR count). The van der Waals surface area contributed by atoms with E-state index in [1.54, 1.807) is 0 Å². The van der Waals surface area contributed by atoms with Gasteiger partial charge in [0.25, 0.3) is 0 Å². The molecule has 0 aromatic carbocycles. The molecule has 0 radical (unpaired) electrons. The van der Waals surface area contributed by atoms with Crippen LogP contribution in [0.2, 0.25) is 0 Å². The van der Waals surface area contributed by atoms with E-state index >= 15 is 0 Å². The molecule has 10 heavy (non-hydrogen) atoms. The molecule has 0 aliphatic carbocycles. The topological polar surface area (TPSA) is 55.1 Å². The Balaban J connectivity index is 3.92. The number of Topliss-reactive ketones (excluding diaryl/α,β-unsaturated/α-hetero) is 1. The van der Waals surface area contributed by atoms with Gasteiger partial charge in [-0.1, -0.05) is 0 Å². The van der Waals surface area contributed by atoms with Crippen molar-refractivity contribution in [2.24, 2.45) is 5.73 Å².